The van der Waals surface area contributed by atoms with Gasteiger partial charge in [0.2, 0.25) is 11.8 Å². The Balaban J connectivity index is 1.51. The highest BCUT2D eigenvalue weighted by Gasteiger charge is 2.27. The van der Waals surface area contributed by atoms with E-state index in [9.17, 15) is 9.59 Å². The number of hydrogen-bond acceptors (Lipinski definition) is 4. The number of anilines is 2. The first-order valence-corrected chi connectivity index (χ1v) is 9.36. The molecule has 0 unspecified atom stereocenters. The topological polar surface area (TPSA) is 71.1 Å². The molecule has 0 radical (unpaired) electrons. The Bertz CT molecular complexity index is 871. The molecule has 0 bridgehead atoms. The van der Waals surface area contributed by atoms with Crippen molar-refractivity contribution >= 4 is 34.0 Å². The highest BCUT2D eigenvalue weighted by Crippen LogP contribution is 2.36. The zero-order valence-electron chi connectivity index (χ0n) is 13.9. The Morgan fingerprint density at radius 3 is 3.04 bits per heavy atom. The Hall–Kier alpha value is -2.47. The molecule has 0 saturated heterocycles. The molecule has 2 atom stereocenters. The molecule has 2 amide bonds. The van der Waals surface area contributed by atoms with Gasteiger partial charge in [-0.05, 0) is 43.9 Å². The number of carbonyl (C=O) groups is 2. The standard InChI is InChI=1S/C19H19N3O2S/c1-11-14-9-13(7-8-15(14)20-17(11)23)16-10-25-19(21-16)22-18(24)12-5-3-2-4-6-12/h2-3,7-12H,4-6H2,1H3,(H,20,23)(H,21,22,24)/t11-,12+/m0/s1. The maximum Gasteiger partial charge on any atom is 0.231 e. The second-order valence-corrected chi connectivity index (χ2v) is 7.38. The minimum atomic E-state index is -0.146. The summed E-state index contributed by atoms with van der Waals surface area (Å²) in [5.41, 5.74) is 3.64. The van der Waals surface area contributed by atoms with Gasteiger partial charge in [0.05, 0.1) is 11.6 Å². The average molecular weight is 353 g/mol. The second kappa shape index (κ2) is 6.44. The lowest BCUT2D eigenvalue weighted by Gasteiger charge is -2.15. The van der Waals surface area contributed by atoms with Crippen LogP contribution in [0.2, 0.25) is 0 Å². The molecule has 1 aromatic carbocycles. The molecule has 128 valence electrons. The van der Waals surface area contributed by atoms with Crippen molar-refractivity contribution in [1.29, 1.82) is 0 Å². The van der Waals surface area contributed by atoms with E-state index in [4.69, 9.17) is 0 Å². The van der Waals surface area contributed by atoms with Gasteiger partial charge in [0.15, 0.2) is 5.13 Å². The maximum atomic E-state index is 12.3. The molecule has 0 fully saturated rings. The SMILES string of the molecule is C[C@@H]1C(=O)Nc2ccc(-c3csc(NC(=O)[C@@H]4CC=CCC4)n3)cc21. The van der Waals surface area contributed by atoms with E-state index < -0.39 is 0 Å². The first-order valence-electron chi connectivity index (χ1n) is 8.48. The molecule has 2 heterocycles. The number of allylic oxidation sites excluding steroid dienone is 2. The summed E-state index contributed by atoms with van der Waals surface area (Å²) in [6, 6.07) is 5.87. The van der Waals surface area contributed by atoms with Crippen LogP contribution in [0.25, 0.3) is 11.3 Å². The van der Waals surface area contributed by atoms with Crippen molar-refractivity contribution < 1.29 is 9.59 Å². The van der Waals surface area contributed by atoms with Crippen LogP contribution in [0.4, 0.5) is 10.8 Å². The van der Waals surface area contributed by atoms with E-state index in [-0.39, 0.29) is 23.7 Å². The predicted molar refractivity (Wildman–Crippen MR) is 99.7 cm³/mol. The summed E-state index contributed by atoms with van der Waals surface area (Å²) in [6.07, 6.45) is 6.85. The molecule has 0 spiro atoms. The van der Waals surface area contributed by atoms with Crippen LogP contribution >= 0.6 is 11.3 Å². The molecule has 25 heavy (non-hydrogen) atoms. The average Bonchev–Trinajstić information content (AvgIpc) is 3.21. The van der Waals surface area contributed by atoms with Crippen LogP contribution in [0.5, 0.6) is 0 Å². The normalized spacial score (nSPS) is 21.7. The monoisotopic (exact) mass is 353 g/mol. The molecule has 2 aromatic rings. The van der Waals surface area contributed by atoms with Gasteiger partial charge < -0.3 is 10.6 Å². The highest BCUT2D eigenvalue weighted by atomic mass is 32.1. The van der Waals surface area contributed by atoms with E-state index >= 15 is 0 Å². The number of hydrogen-bond donors (Lipinski definition) is 2. The van der Waals surface area contributed by atoms with Gasteiger partial charge in [0.25, 0.3) is 0 Å². The van der Waals surface area contributed by atoms with E-state index in [1.165, 1.54) is 11.3 Å². The Labute approximate surface area is 150 Å². The summed E-state index contributed by atoms with van der Waals surface area (Å²) in [4.78, 5) is 28.6. The van der Waals surface area contributed by atoms with Crippen molar-refractivity contribution in [2.24, 2.45) is 5.92 Å². The molecule has 2 aliphatic rings. The van der Waals surface area contributed by atoms with Gasteiger partial charge in [0, 0.05) is 22.5 Å². The van der Waals surface area contributed by atoms with E-state index in [1.54, 1.807) is 0 Å². The van der Waals surface area contributed by atoms with Crippen LogP contribution in [0.1, 0.15) is 37.7 Å². The number of carbonyl (C=O) groups excluding carboxylic acids is 2. The van der Waals surface area contributed by atoms with Crippen LogP contribution in [0.15, 0.2) is 35.7 Å². The third kappa shape index (κ3) is 3.09. The highest BCUT2D eigenvalue weighted by molar-refractivity contribution is 7.14. The lowest BCUT2D eigenvalue weighted by Crippen LogP contribution is -2.23. The van der Waals surface area contributed by atoms with Crippen LogP contribution in [-0.2, 0) is 9.59 Å². The molecule has 1 aliphatic heterocycles. The summed E-state index contributed by atoms with van der Waals surface area (Å²) in [5, 5.41) is 8.37. The van der Waals surface area contributed by atoms with Crippen molar-refractivity contribution in [2.45, 2.75) is 32.1 Å². The van der Waals surface area contributed by atoms with E-state index in [0.29, 0.717) is 5.13 Å². The van der Waals surface area contributed by atoms with E-state index in [0.717, 1.165) is 41.8 Å². The summed E-state index contributed by atoms with van der Waals surface area (Å²) >= 11 is 1.43. The summed E-state index contributed by atoms with van der Waals surface area (Å²) < 4.78 is 0. The minimum absolute atomic E-state index is 0.0277. The van der Waals surface area contributed by atoms with Crippen molar-refractivity contribution in [3.8, 4) is 11.3 Å². The third-order valence-corrected chi connectivity index (χ3v) is 5.60. The van der Waals surface area contributed by atoms with Crippen molar-refractivity contribution in [3.63, 3.8) is 0 Å². The quantitative estimate of drug-likeness (QED) is 0.814. The Morgan fingerprint density at radius 1 is 1.36 bits per heavy atom. The second-order valence-electron chi connectivity index (χ2n) is 6.52. The lowest BCUT2D eigenvalue weighted by molar-refractivity contribution is -0.120. The largest absolute Gasteiger partial charge is 0.325 e. The number of aromatic nitrogens is 1. The molecule has 1 aromatic heterocycles. The first kappa shape index (κ1) is 16.0. The molecule has 0 saturated carbocycles. The number of thiazole rings is 1. The van der Waals surface area contributed by atoms with E-state index in [2.05, 4.69) is 27.8 Å². The van der Waals surface area contributed by atoms with E-state index in [1.807, 2.05) is 30.5 Å². The smallest absolute Gasteiger partial charge is 0.231 e. The number of rotatable bonds is 3. The van der Waals surface area contributed by atoms with Gasteiger partial charge in [-0.15, -0.1) is 11.3 Å². The summed E-state index contributed by atoms with van der Waals surface area (Å²) in [7, 11) is 0. The van der Waals surface area contributed by atoms with Gasteiger partial charge in [-0.2, -0.15) is 0 Å². The Kier molecular flexibility index (Phi) is 4.13. The third-order valence-electron chi connectivity index (χ3n) is 4.84. The number of benzene rings is 1. The zero-order chi connectivity index (χ0) is 17.4. The number of amides is 2. The fourth-order valence-corrected chi connectivity index (χ4v) is 4.00. The number of nitrogens with zero attached hydrogens (tertiary/aromatic N) is 1. The maximum absolute atomic E-state index is 12.3. The number of fused-ring (bicyclic) bond motifs is 1. The van der Waals surface area contributed by atoms with Crippen molar-refractivity contribution in [2.75, 3.05) is 10.6 Å². The van der Waals surface area contributed by atoms with Gasteiger partial charge in [-0.3, -0.25) is 9.59 Å². The number of nitrogens with one attached hydrogen (secondary N) is 2. The molecule has 6 heteroatoms. The van der Waals surface area contributed by atoms with Crippen molar-refractivity contribution in [3.05, 3.63) is 41.3 Å². The minimum Gasteiger partial charge on any atom is -0.325 e. The van der Waals surface area contributed by atoms with Gasteiger partial charge in [0.1, 0.15) is 0 Å². The van der Waals surface area contributed by atoms with Crippen LogP contribution in [0.3, 0.4) is 0 Å². The fraction of sp³-hybridized carbons (Fsp3) is 0.316. The fourth-order valence-electron chi connectivity index (χ4n) is 3.28. The van der Waals surface area contributed by atoms with Gasteiger partial charge >= 0.3 is 0 Å². The molecule has 1 aliphatic carbocycles. The molecular formula is C19H19N3O2S. The van der Waals surface area contributed by atoms with Gasteiger partial charge in [-0.25, -0.2) is 4.98 Å². The molecule has 2 N–H and O–H groups in total. The zero-order valence-corrected chi connectivity index (χ0v) is 14.7. The predicted octanol–water partition coefficient (Wildman–Crippen LogP) is 4.16. The Morgan fingerprint density at radius 2 is 2.24 bits per heavy atom. The van der Waals surface area contributed by atoms with Crippen LogP contribution < -0.4 is 10.6 Å². The molecule has 5 nitrogen and oxygen atoms in total. The molecule has 4 rings (SSSR count). The van der Waals surface area contributed by atoms with Crippen molar-refractivity contribution in [1.82, 2.24) is 4.98 Å². The first-order chi connectivity index (χ1) is 12.1. The van der Waals surface area contributed by atoms with Gasteiger partial charge in [-0.1, -0.05) is 18.2 Å². The summed E-state index contributed by atoms with van der Waals surface area (Å²) in [6.45, 7) is 1.90. The summed E-state index contributed by atoms with van der Waals surface area (Å²) in [5.74, 6) is -0.0371. The molecular weight excluding hydrogens is 334 g/mol. The van der Waals surface area contributed by atoms with Crippen LogP contribution in [-0.4, -0.2) is 16.8 Å². The van der Waals surface area contributed by atoms with Crippen LogP contribution in [0, 0.1) is 5.92 Å². The lowest BCUT2D eigenvalue weighted by atomic mass is 9.94.